The van der Waals surface area contributed by atoms with Gasteiger partial charge in [0.05, 0.1) is 24.6 Å². The molecule has 2 aromatic carbocycles. The third-order valence-corrected chi connectivity index (χ3v) is 4.76. The standard InChI is InChI=1S/C22H16F3N3O4/c1-12-8-19(29)32-17-10-14(6-7-16(12)17)26-21(30)20-18(31-2)11-28(27-20)15-5-3-4-13(9-15)22(23,24)25/h3-11H,1-2H3,(H,26,30). The van der Waals surface area contributed by atoms with Gasteiger partial charge in [-0.25, -0.2) is 9.48 Å². The lowest BCUT2D eigenvalue weighted by molar-refractivity contribution is -0.137. The molecule has 0 spiro atoms. The van der Waals surface area contributed by atoms with E-state index < -0.39 is 23.3 Å². The number of benzene rings is 2. The van der Waals surface area contributed by atoms with Crippen LogP contribution in [0.4, 0.5) is 18.9 Å². The van der Waals surface area contributed by atoms with Gasteiger partial charge in [-0.05, 0) is 42.8 Å². The molecule has 4 aromatic rings. The van der Waals surface area contributed by atoms with Crippen molar-refractivity contribution in [3.05, 3.63) is 82.0 Å². The molecule has 32 heavy (non-hydrogen) atoms. The minimum absolute atomic E-state index is 0.0723. The van der Waals surface area contributed by atoms with E-state index in [1.165, 1.54) is 37.6 Å². The van der Waals surface area contributed by atoms with Gasteiger partial charge in [-0.1, -0.05) is 6.07 Å². The lowest BCUT2D eigenvalue weighted by atomic mass is 10.1. The highest BCUT2D eigenvalue weighted by molar-refractivity contribution is 6.05. The topological polar surface area (TPSA) is 86.4 Å². The molecule has 0 unspecified atom stereocenters. The molecule has 2 aromatic heterocycles. The molecule has 4 rings (SSSR count). The molecule has 0 radical (unpaired) electrons. The number of rotatable bonds is 4. The van der Waals surface area contributed by atoms with Crippen molar-refractivity contribution < 1.29 is 27.1 Å². The van der Waals surface area contributed by atoms with Crippen LogP contribution >= 0.6 is 0 Å². The summed E-state index contributed by atoms with van der Waals surface area (Å²) in [6.07, 6.45) is -3.20. The molecule has 0 saturated carbocycles. The number of hydrogen-bond donors (Lipinski definition) is 1. The van der Waals surface area contributed by atoms with Crippen molar-refractivity contribution in [1.29, 1.82) is 0 Å². The molecule has 0 aliphatic heterocycles. The maximum Gasteiger partial charge on any atom is 0.416 e. The Hall–Kier alpha value is -4.08. The van der Waals surface area contributed by atoms with Crippen molar-refractivity contribution in [2.75, 3.05) is 12.4 Å². The summed E-state index contributed by atoms with van der Waals surface area (Å²) < 4.78 is 50.5. The van der Waals surface area contributed by atoms with Gasteiger partial charge in [0.1, 0.15) is 5.58 Å². The monoisotopic (exact) mass is 443 g/mol. The van der Waals surface area contributed by atoms with Crippen LogP contribution in [0, 0.1) is 6.92 Å². The average molecular weight is 443 g/mol. The van der Waals surface area contributed by atoms with E-state index in [1.807, 2.05) is 0 Å². The van der Waals surface area contributed by atoms with Crippen molar-refractivity contribution >= 4 is 22.6 Å². The quantitative estimate of drug-likeness (QED) is 0.467. The summed E-state index contributed by atoms with van der Waals surface area (Å²) in [5.41, 5.74) is -0.00367. The van der Waals surface area contributed by atoms with Gasteiger partial charge in [-0.3, -0.25) is 4.79 Å². The van der Waals surface area contributed by atoms with Crippen LogP contribution in [-0.4, -0.2) is 22.8 Å². The highest BCUT2D eigenvalue weighted by Crippen LogP contribution is 2.31. The van der Waals surface area contributed by atoms with Crippen LogP contribution < -0.4 is 15.7 Å². The predicted molar refractivity (Wildman–Crippen MR) is 110 cm³/mol. The normalized spacial score (nSPS) is 11.5. The molecular formula is C22H16F3N3O4. The highest BCUT2D eigenvalue weighted by Gasteiger charge is 2.30. The molecule has 0 aliphatic carbocycles. The summed E-state index contributed by atoms with van der Waals surface area (Å²) in [5, 5.41) is 7.44. The third kappa shape index (κ3) is 4.07. The first-order valence-electron chi connectivity index (χ1n) is 9.33. The number of amides is 1. The molecule has 0 atom stereocenters. The van der Waals surface area contributed by atoms with Crippen molar-refractivity contribution in [2.45, 2.75) is 13.1 Å². The number of nitrogens with zero attached hydrogens (tertiary/aromatic N) is 2. The number of hydrogen-bond acceptors (Lipinski definition) is 5. The summed E-state index contributed by atoms with van der Waals surface area (Å²) in [6.45, 7) is 1.77. The van der Waals surface area contributed by atoms with E-state index in [2.05, 4.69) is 10.4 Å². The van der Waals surface area contributed by atoms with Gasteiger partial charge in [-0.15, -0.1) is 0 Å². The van der Waals surface area contributed by atoms with E-state index in [0.717, 1.165) is 22.4 Å². The van der Waals surface area contributed by atoms with Crippen LogP contribution in [0.1, 0.15) is 21.6 Å². The second-order valence-electron chi connectivity index (χ2n) is 6.95. The second-order valence-corrected chi connectivity index (χ2v) is 6.95. The van der Waals surface area contributed by atoms with Gasteiger partial charge >= 0.3 is 11.8 Å². The molecule has 0 bridgehead atoms. The number of fused-ring (bicyclic) bond motifs is 1. The number of aromatic nitrogens is 2. The Morgan fingerprint density at radius 1 is 1.16 bits per heavy atom. The van der Waals surface area contributed by atoms with Crippen LogP contribution in [0.25, 0.3) is 16.7 Å². The largest absolute Gasteiger partial charge is 0.493 e. The third-order valence-electron chi connectivity index (χ3n) is 4.76. The number of carbonyl (C=O) groups is 1. The summed E-state index contributed by atoms with van der Waals surface area (Å²) >= 11 is 0. The maximum atomic E-state index is 13.0. The van der Waals surface area contributed by atoms with Gasteiger partial charge in [0.25, 0.3) is 5.91 Å². The molecule has 0 saturated heterocycles. The molecule has 2 heterocycles. The summed E-state index contributed by atoms with van der Waals surface area (Å²) in [6, 6.07) is 10.7. The molecule has 7 nitrogen and oxygen atoms in total. The minimum atomic E-state index is -4.52. The number of carbonyl (C=O) groups excluding carboxylic acids is 1. The number of nitrogens with one attached hydrogen (secondary N) is 1. The lowest BCUT2D eigenvalue weighted by Gasteiger charge is -2.08. The minimum Gasteiger partial charge on any atom is -0.493 e. The summed E-state index contributed by atoms with van der Waals surface area (Å²) in [4.78, 5) is 24.4. The van der Waals surface area contributed by atoms with Crippen LogP contribution in [-0.2, 0) is 6.18 Å². The number of aryl methyl sites for hydroxylation is 1. The van der Waals surface area contributed by atoms with Crippen LogP contribution in [0.3, 0.4) is 0 Å². The number of anilines is 1. The zero-order valence-corrected chi connectivity index (χ0v) is 16.9. The highest BCUT2D eigenvalue weighted by atomic mass is 19.4. The molecule has 164 valence electrons. The number of alkyl halides is 3. The first-order chi connectivity index (χ1) is 15.2. The zero-order chi connectivity index (χ0) is 23.0. The Bertz CT molecular complexity index is 1390. The summed E-state index contributed by atoms with van der Waals surface area (Å²) in [5.74, 6) is -0.579. The van der Waals surface area contributed by atoms with Crippen molar-refractivity contribution in [1.82, 2.24) is 9.78 Å². The Kier molecular flexibility index (Phi) is 5.21. The molecule has 0 aliphatic rings. The van der Waals surface area contributed by atoms with Gasteiger partial charge in [-0.2, -0.15) is 18.3 Å². The maximum absolute atomic E-state index is 13.0. The SMILES string of the molecule is COc1cn(-c2cccc(C(F)(F)F)c2)nc1C(=O)Nc1ccc2c(C)cc(=O)oc2c1. The number of halogens is 3. The van der Waals surface area contributed by atoms with E-state index in [0.29, 0.717) is 16.7 Å². The Balaban J connectivity index is 1.66. The van der Waals surface area contributed by atoms with E-state index in [4.69, 9.17) is 9.15 Å². The second kappa shape index (κ2) is 7.88. The van der Waals surface area contributed by atoms with Crippen molar-refractivity contribution in [2.24, 2.45) is 0 Å². The van der Waals surface area contributed by atoms with Crippen molar-refractivity contribution in [3.63, 3.8) is 0 Å². The smallest absolute Gasteiger partial charge is 0.416 e. The molecule has 0 fully saturated rings. The molecular weight excluding hydrogens is 427 g/mol. The molecule has 1 N–H and O–H groups in total. The van der Waals surface area contributed by atoms with Crippen LogP contribution in [0.15, 0.2) is 63.9 Å². The molecule has 1 amide bonds. The van der Waals surface area contributed by atoms with Crippen LogP contribution in [0.5, 0.6) is 5.75 Å². The van der Waals surface area contributed by atoms with Gasteiger partial charge < -0.3 is 14.5 Å². The zero-order valence-electron chi connectivity index (χ0n) is 16.9. The van der Waals surface area contributed by atoms with Crippen molar-refractivity contribution in [3.8, 4) is 11.4 Å². The Morgan fingerprint density at radius 3 is 2.66 bits per heavy atom. The fraction of sp³-hybridized carbons (Fsp3) is 0.136. The number of methoxy groups -OCH3 is 1. The van der Waals surface area contributed by atoms with Crippen LogP contribution in [0.2, 0.25) is 0 Å². The Morgan fingerprint density at radius 2 is 1.94 bits per heavy atom. The lowest BCUT2D eigenvalue weighted by Crippen LogP contribution is -2.14. The first kappa shape index (κ1) is 21.2. The van der Waals surface area contributed by atoms with E-state index in [1.54, 1.807) is 19.1 Å². The van der Waals surface area contributed by atoms with Gasteiger partial charge in [0.2, 0.25) is 0 Å². The fourth-order valence-corrected chi connectivity index (χ4v) is 3.21. The van der Waals surface area contributed by atoms with E-state index in [9.17, 15) is 22.8 Å². The fourth-order valence-electron chi connectivity index (χ4n) is 3.21. The van der Waals surface area contributed by atoms with Gasteiger partial charge in [0, 0.05) is 23.2 Å². The van der Waals surface area contributed by atoms with E-state index >= 15 is 0 Å². The average Bonchev–Trinajstić information content (AvgIpc) is 3.17. The number of ether oxygens (including phenoxy) is 1. The summed E-state index contributed by atoms with van der Waals surface area (Å²) in [7, 11) is 1.32. The first-order valence-corrected chi connectivity index (χ1v) is 9.33. The predicted octanol–water partition coefficient (Wildman–Crippen LogP) is 4.57. The molecule has 10 heteroatoms. The Labute approximate surface area is 179 Å². The van der Waals surface area contributed by atoms with E-state index in [-0.39, 0.29) is 17.1 Å². The van der Waals surface area contributed by atoms with Gasteiger partial charge in [0.15, 0.2) is 11.4 Å².